The second-order valence-electron chi connectivity index (χ2n) is 8.14. The van der Waals surface area contributed by atoms with Crippen molar-refractivity contribution >= 4 is 11.6 Å². The van der Waals surface area contributed by atoms with Gasteiger partial charge < -0.3 is 10.2 Å². The quantitative estimate of drug-likeness (QED) is 0.283. The molecule has 1 rings (SSSR count). The van der Waals surface area contributed by atoms with Gasteiger partial charge in [0.15, 0.2) is 0 Å². The van der Waals surface area contributed by atoms with E-state index in [1.807, 2.05) is 42.3 Å². The number of anilines is 1. The van der Waals surface area contributed by atoms with Crippen LogP contribution in [0.3, 0.4) is 0 Å². The summed E-state index contributed by atoms with van der Waals surface area (Å²) >= 11 is 0. The second kappa shape index (κ2) is 17.6. The van der Waals surface area contributed by atoms with Crippen molar-refractivity contribution in [1.29, 1.82) is 0 Å². The summed E-state index contributed by atoms with van der Waals surface area (Å²) in [6.45, 7) is 3.50. The molecule has 0 heterocycles. The van der Waals surface area contributed by atoms with Crippen LogP contribution >= 0.6 is 0 Å². The Hall–Kier alpha value is -1.51. The van der Waals surface area contributed by atoms with Gasteiger partial charge >= 0.3 is 0 Å². The third kappa shape index (κ3) is 13.6. The molecule has 0 bridgehead atoms. The van der Waals surface area contributed by atoms with Crippen LogP contribution in [0.15, 0.2) is 30.3 Å². The first-order valence-corrected chi connectivity index (χ1v) is 11.8. The van der Waals surface area contributed by atoms with E-state index in [0.717, 1.165) is 18.7 Å². The summed E-state index contributed by atoms with van der Waals surface area (Å²) in [5.41, 5.74) is 1.08. The molecule has 0 fully saturated rings. The predicted molar refractivity (Wildman–Crippen MR) is 123 cm³/mol. The predicted octanol–water partition coefficient (Wildman–Crippen LogP) is 6.72. The first-order chi connectivity index (χ1) is 13.7. The molecule has 0 aromatic heterocycles. The van der Waals surface area contributed by atoms with Gasteiger partial charge in [-0.25, -0.2) is 0 Å². The van der Waals surface area contributed by atoms with Crippen molar-refractivity contribution < 1.29 is 4.79 Å². The number of nitrogens with zero attached hydrogens (tertiary/aromatic N) is 1. The van der Waals surface area contributed by atoms with Crippen molar-refractivity contribution in [3.05, 3.63) is 30.3 Å². The lowest BCUT2D eigenvalue weighted by Crippen LogP contribution is -2.35. The molecule has 0 aliphatic carbocycles. The molecule has 0 atom stereocenters. The molecule has 3 nitrogen and oxygen atoms in total. The smallest absolute Gasteiger partial charge is 0.239 e. The number of carbonyl (C=O) groups is 1. The third-order valence-corrected chi connectivity index (χ3v) is 5.43. The van der Waals surface area contributed by atoms with Crippen LogP contribution in [0.5, 0.6) is 0 Å². The standard InChI is InChI=1S/C25H44N2O/c1-3-4-5-6-7-8-9-10-11-12-13-14-15-19-22-26-25(28)23-27(2)24-20-17-16-18-21-24/h16-18,20-21H,3-15,19,22-23H2,1-2H3,(H,26,28). The minimum atomic E-state index is 0.112. The Morgan fingerprint density at radius 2 is 1.21 bits per heavy atom. The van der Waals surface area contributed by atoms with E-state index in [1.165, 1.54) is 83.5 Å². The zero-order chi connectivity index (χ0) is 20.3. The first kappa shape index (κ1) is 24.5. The average Bonchev–Trinajstić information content (AvgIpc) is 2.71. The van der Waals surface area contributed by atoms with E-state index < -0.39 is 0 Å². The zero-order valence-electron chi connectivity index (χ0n) is 18.6. The fourth-order valence-electron chi connectivity index (χ4n) is 3.59. The maximum atomic E-state index is 12.0. The Balaban J connectivity index is 1.83. The molecular formula is C25H44N2O. The SMILES string of the molecule is CCCCCCCCCCCCCCCCNC(=O)CN(C)c1ccccc1. The molecular weight excluding hydrogens is 344 g/mol. The van der Waals surface area contributed by atoms with Gasteiger partial charge in [-0.3, -0.25) is 4.79 Å². The number of amides is 1. The molecule has 1 aromatic rings. The van der Waals surface area contributed by atoms with Crippen molar-refractivity contribution in [1.82, 2.24) is 5.32 Å². The highest BCUT2D eigenvalue weighted by molar-refractivity contribution is 5.81. The molecule has 0 saturated heterocycles. The van der Waals surface area contributed by atoms with Crippen molar-refractivity contribution in [3.63, 3.8) is 0 Å². The molecule has 0 aliphatic rings. The number of benzene rings is 1. The van der Waals surface area contributed by atoms with Crippen LogP contribution in [0.1, 0.15) is 96.8 Å². The van der Waals surface area contributed by atoms with Crippen molar-refractivity contribution in [2.24, 2.45) is 0 Å². The molecule has 0 radical (unpaired) electrons. The third-order valence-electron chi connectivity index (χ3n) is 5.43. The number of nitrogens with one attached hydrogen (secondary N) is 1. The van der Waals surface area contributed by atoms with Gasteiger partial charge in [0.1, 0.15) is 0 Å². The lowest BCUT2D eigenvalue weighted by molar-refractivity contribution is -0.119. The maximum Gasteiger partial charge on any atom is 0.239 e. The summed E-state index contributed by atoms with van der Waals surface area (Å²) in [4.78, 5) is 14.0. The largest absolute Gasteiger partial charge is 0.365 e. The molecule has 160 valence electrons. The molecule has 0 aliphatic heterocycles. The summed E-state index contributed by atoms with van der Waals surface area (Å²) in [5.74, 6) is 0.112. The van der Waals surface area contributed by atoms with E-state index in [9.17, 15) is 4.79 Å². The van der Waals surface area contributed by atoms with E-state index in [0.29, 0.717) is 6.54 Å². The molecule has 1 aromatic carbocycles. The van der Waals surface area contributed by atoms with E-state index in [-0.39, 0.29) is 5.91 Å². The van der Waals surface area contributed by atoms with Crippen LogP contribution in [0, 0.1) is 0 Å². The number of rotatable bonds is 18. The molecule has 1 amide bonds. The van der Waals surface area contributed by atoms with Gasteiger partial charge in [-0.1, -0.05) is 109 Å². The van der Waals surface area contributed by atoms with Crippen LogP contribution in [0.4, 0.5) is 5.69 Å². The summed E-state index contributed by atoms with van der Waals surface area (Å²) in [6.07, 6.45) is 19.1. The number of unbranched alkanes of at least 4 members (excludes halogenated alkanes) is 13. The van der Waals surface area contributed by atoms with Gasteiger partial charge in [0, 0.05) is 19.3 Å². The first-order valence-electron chi connectivity index (χ1n) is 11.8. The number of para-hydroxylation sites is 1. The van der Waals surface area contributed by atoms with E-state index in [4.69, 9.17) is 0 Å². The van der Waals surface area contributed by atoms with E-state index in [1.54, 1.807) is 0 Å². The van der Waals surface area contributed by atoms with Crippen molar-refractivity contribution in [2.45, 2.75) is 96.8 Å². The summed E-state index contributed by atoms with van der Waals surface area (Å²) in [5, 5.41) is 3.05. The number of likely N-dealkylation sites (N-methyl/N-ethyl adjacent to an activating group) is 1. The minimum Gasteiger partial charge on any atom is -0.365 e. The van der Waals surface area contributed by atoms with Crippen LogP contribution < -0.4 is 10.2 Å². The second-order valence-corrected chi connectivity index (χ2v) is 8.14. The van der Waals surface area contributed by atoms with Crippen molar-refractivity contribution in [3.8, 4) is 0 Å². The molecule has 0 unspecified atom stereocenters. The Morgan fingerprint density at radius 3 is 1.71 bits per heavy atom. The fraction of sp³-hybridized carbons (Fsp3) is 0.720. The Labute approximate surface area is 174 Å². The Morgan fingerprint density at radius 1 is 0.750 bits per heavy atom. The highest BCUT2D eigenvalue weighted by Crippen LogP contribution is 2.13. The average molecular weight is 389 g/mol. The summed E-state index contributed by atoms with van der Waals surface area (Å²) < 4.78 is 0. The fourth-order valence-corrected chi connectivity index (χ4v) is 3.59. The van der Waals surface area contributed by atoms with Gasteiger partial charge in [0.25, 0.3) is 0 Å². The van der Waals surface area contributed by atoms with Crippen LogP contribution in [-0.2, 0) is 4.79 Å². The lowest BCUT2D eigenvalue weighted by Gasteiger charge is -2.18. The summed E-state index contributed by atoms with van der Waals surface area (Å²) in [7, 11) is 1.96. The number of hydrogen-bond acceptors (Lipinski definition) is 2. The van der Waals surface area contributed by atoms with Gasteiger partial charge in [-0.2, -0.15) is 0 Å². The summed E-state index contributed by atoms with van der Waals surface area (Å²) in [6, 6.07) is 10.0. The van der Waals surface area contributed by atoms with Gasteiger partial charge in [-0.15, -0.1) is 0 Å². The maximum absolute atomic E-state index is 12.0. The minimum absolute atomic E-state index is 0.112. The highest BCUT2D eigenvalue weighted by atomic mass is 16.2. The van der Waals surface area contributed by atoms with Gasteiger partial charge in [0.2, 0.25) is 5.91 Å². The lowest BCUT2D eigenvalue weighted by atomic mass is 10.0. The zero-order valence-corrected chi connectivity index (χ0v) is 18.6. The van der Waals surface area contributed by atoms with Crippen LogP contribution in [0.25, 0.3) is 0 Å². The number of carbonyl (C=O) groups excluding carboxylic acids is 1. The van der Waals surface area contributed by atoms with Gasteiger partial charge in [-0.05, 0) is 18.6 Å². The monoisotopic (exact) mass is 388 g/mol. The van der Waals surface area contributed by atoms with Crippen molar-refractivity contribution in [2.75, 3.05) is 25.0 Å². The molecule has 0 saturated carbocycles. The van der Waals surface area contributed by atoms with E-state index >= 15 is 0 Å². The normalized spacial score (nSPS) is 10.8. The van der Waals surface area contributed by atoms with Crippen LogP contribution in [0.2, 0.25) is 0 Å². The Kier molecular flexibility index (Phi) is 15.4. The van der Waals surface area contributed by atoms with Gasteiger partial charge in [0.05, 0.1) is 6.54 Å². The van der Waals surface area contributed by atoms with Crippen LogP contribution in [-0.4, -0.2) is 26.0 Å². The van der Waals surface area contributed by atoms with E-state index in [2.05, 4.69) is 12.2 Å². The highest BCUT2D eigenvalue weighted by Gasteiger charge is 2.06. The molecule has 0 spiro atoms. The Bertz CT molecular complexity index is 475. The molecule has 1 N–H and O–H groups in total. The molecule has 3 heteroatoms. The molecule has 28 heavy (non-hydrogen) atoms. The topological polar surface area (TPSA) is 32.3 Å². The number of hydrogen-bond donors (Lipinski definition) is 1.